The summed E-state index contributed by atoms with van der Waals surface area (Å²) >= 11 is 4.74. The minimum Gasteiger partial charge on any atom is -0.325 e. The number of benzene rings is 2. The molecule has 0 spiro atoms. The van der Waals surface area contributed by atoms with Gasteiger partial charge < -0.3 is 5.32 Å². The molecule has 1 N–H and O–H groups in total. The average Bonchev–Trinajstić information content (AvgIpc) is 3.18. The molecule has 0 bridgehead atoms. The molecule has 0 fully saturated rings. The Kier molecular flexibility index (Phi) is 6.25. The highest BCUT2D eigenvalue weighted by atomic mass is 79.9. The predicted molar refractivity (Wildman–Crippen MR) is 123 cm³/mol. The second-order valence-corrected chi connectivity index (χ2v) is 8.37. The average molecular weight is 480 g/mol. The number of hydrogen-bond donors (Lipinski definition) is 1. The fourth-order valence-electron chi connectivity index (χ4n) is 2.94. The zero-order valence-electron chi connectivity index (χ0n) is 16.1. The number of aryl methyl sites for hydroxylation is 1. The third-order valence-electron chi connectivity index (χ3n) is 4.39. The Bertz CT molecular complexity index is 1160. The van der Waals surface area contributed by atoms with Crippen molar-refractivity contribution in [1.82, 2.24) is 19.7 Å². The maximum absolute atomic E-state index is 12.5. The van der Waals surface area contributed by atoms with Crippen LogP contribution in [0.15, 0.2) is 82.7 Å². The van der Waals surface area contributed by atoms with Crippen LogP contribution in [0.2, 0.25) is 0 Å². The number of aromatic nitrogens is 4. The fourth-order valence-corrected chi connectivity index (χ4v) is 3.95. The van der Waals surface area contributed by atoms with Gasteiger partial charge in [0.2, 0.25) is 5.91 Å². The van der Waals surface area contributed by atoms with Gasteiger partial charge >= 0.3 is 0 Å². The number of hydrogen-bond acceptors (Lipinski definition) is 5. The highest BCUT2D eigenvalue weighted by Crippen LogP contribution is 2.29. The summed E-state index contributed by atoms with van der Waals surface area (Å²) < 4.78 is 2.95. The van der Waals surface area contributed by atoms with Crippen molar-refractivity contribution in [3.05, 3.63) is 83.1 Å². The van der Waals surface area contributed by atoms with E-state index >= 15 is 0 Å². The summed E-state index contributed by atoms with van der Waals surface area (Å²) in [5.74, 6) is 0.825. The quantitative estimate of drug-likeness (QED) is 0.388. The van der Waals surface area contributed by atoms with Crippen molar-refractivity contribution in [2.24, 2.45) is 0 Å². The van der Waals surface area contributed by atoms with Gasteiger partial charge in [-0.3, -0.25) is 14.3 Å². The van der Waals surface area contributed by atoms with E-state index in [0.29, 0.717) is 11.0 Å². The van der Waals surface area contributed by atoms with Gasteiger partial charge in [0.15, 0.2) is 11.0 Å². The molecule has 0 saturated carbocycles. The van der Waals surface area contributed by atoms with Crippen molar-refractivity contribution in [3.8, 4) is 17.1 Å². The molecule has 2 aromatic carbocycles. The van der Waals surface area contributed by atoms with Crippen molar-refractivity contribution in [1.29, 1.82) is 0 Å². The third kappa shape index (κ3) is 4.60. The van der Waals surface area contributed by atoms with Gasteiger partial charge in [-0.2, -0.15) is 0 Å². The van der Waals surface area contributed by atoms with Gasteiger partial charge in [0.1, 0.15) is 0 Å². The van der Waals surface area contributed by atoms with E-state index in [1.54, 1.807) is 12.4 Å². The van der Waals surface area contributed by atoms with Crippen LogP contribution in [-0.4, -0.2) is 31.4 Å². The van der Waals surface area contributed by atoms with Crippen molar-refractivity contribution in [3.63, 3.8) is 0 Å². The Hall–Kier alpha value is -2.97. The van der Waals surface area contributed by atoms with E-state index in [1.807, 2.05) is 72.2 Å². The first-order chi connectivity index (χ1) is 14.6. The maximum Gasteiger partial charge on any atom is 0.234 e. The van der Waals surface area contributed by atoms with Crippen LogP contribution in [-0.2, 0) is 4.79 Å². The number of para-hydroxylation sites is 1. The van der Waals surface area contributed by atoms with Crippen molar-refractivity contribution < 1.29 is 4.79 Å². The van der Waals surface area contributed by atoms with Gasteiger partial charge in [0.25, 0.3) is 0 Å². The molecule has 0 aliphatic carbocycles. The van der Waals surface area contributed by atoms with Crippen LogP contribution in [0.1, 0.15) is 5.56 Å². The minimum absolute atomic E-state index is 0.105. The third-order valence-corrected chi connectivity index (χ3v) is 5.85. The van der Waals surface area contributed by atoms with E-state index in [-0.39, 0.29) is 11.7 Å². The first-order valence-corrected chi connectivity index (χ1v) is 11.0. The second-order valence-electron chi connectivity index (χ2n) is 6.51. The minimum atomic E-state index is -0.105. The van der Waals surface area contributed by atoms with Gasteiger partial charge in [0.05, 0.1) is 11.4 Å². The fraction of sp³-hybridized carbons (Fsp3) is 0.0909. The molecule has 0 aliphatic heterocycles. The number of amides is 1. The number of halogens is 1. The molecule has 4 aromatic rings. The van der Waals surface area contributed by atoms with E-state index in [9.17, 15) is 4.79 Å². The molecule has 0 atom stereocenters. The topological polar surface area (TPSA) is 72.7 Å². The highest BCUT2D eigenvalue weighted by molar-refractivity contribution is 9.10. The molecule has 30 heavy (non-hydrogen) atoms. The molecule has 2 aromatic heterocycles. The first kappa shape index (κ1) is 20.3. The molecule has 2 heterocycles. The van der Waals surface area contributed by atoms with Crippen LogP contribution in [0.4, 0.5) is 5.69 Å². The molecule has 1 amide bonds. The molecule has 0 saturated heterocycles. The molecule has 6 nitrogen and oxygen atoms in total. The molecule has 0 aliphatic rings. The number of nitrogens with zero attached hydrogens (tertiary/aromatic N) is 4. The maximum atomic E-state index is 12.5. The Morgan fingerprint density at radius 1 is 1.03 bits per heavy atom. The first-order valence-electron chi connectivity index (χ1n) is 9.22. The summed E-state index contributed by atoms with van der Waals surface area (Å²) in [5.41, 5.74) is 3.73. The van der Waals surface area contributed by atoms with E-state index in [0.717, 1.165) is 27.0 Å². The highest BCUT2D eigenvalue weighted by Gasteiger charge is 2.18. The van der Waals surface area contributed by atoms with Crippen LogP contribution in [0.5, 0.6) is 0 Å². The molecule has 4 rings (SSSR count). The van der Waals surface area contributed by atoms with Crippen molar-refractivity contribution in [2.45, 2.75) is 12.1 Å². The monoisotopic (exact) mass is 479 g/mol. The Morgan fingerprint density at radius 2 is 1.77 bits per heavy atom. The van der Waals surface area contributed by atoms with Crippen LogP contribution < -0.4 is 5.32 Å². The van der Waals surface area contributed by atoms with Gasteiger partial charge in [-0.1, -0.05) is 45.9 Å². The van der Waals surface area contributed by atoms with Crippen LogP contribution in [0, 0.1) is 6.92 Å². The van der Waals surface area contributed by atoms with E-state index < -0.39 is 0 Å². The number of thioether (sulfide) groups is 1. The van der Waals surface area contributed by atoms with E-state index in [4.69, 9.17) is 0 Å². The Balaban J connectivity index is 1.60. The van der Waals surface area contributed by atoms with E-state index in [1.165, 1.54) is 11.8 Å². The smallest absolute Gasteiger partial charge is 0.234 e. The lowest BCUT2D eigenvalue weighted by Gasteiger charge is -2.13. The number of rotatable bonds is 6. The van der Waals surface area contributed by atoms with Crippen LogP contribution in [0.3, 0.4) is 0 Å². The molecular formula is C22H18BrN5OS. The lowest BCUT2D eigenvalue weighted by Crippen LogP contribution is -2.14. The van der Waals surface area contributed by atoms with Gasteiger partial charge in [-0.15, -0.1) is 10.2 Å². The van der Waals surface area contributed by atoms with Gasteiger partial charge in [-0.25, -0.2) is 0 Å². The van der Waals surface area contributed by atoms with Crippen LogP contribution >= 0.6 is 27.7 Å². The SMILES string of the molecule is Cc1ccccc1-n1c(SCC(=O)Nc2ccc(Br)cc2)nnc1-c1ccncc1. The van der Waals surface area contributed by atoms with Crippen molar-refractivity contribution in [2.75, 3.05) is 11.1 Å². The number of carbonyl (C=O) groups excluding carboxylic acids is 1. The molecule has 0 radical (unpaired) electrons. The number of carbonyl (C=O) groups is 1. The van der Waals surface area contributed by atoms with Gasteiger partial charge in [0, 0.05) is 28.1 Å². The molecule has 8 heteroatoms. The normalized spacial score (nSPS) is 10.7. The second kappa shape index (κ2) is 9.23. The molecular weight excluding hydrogens is 462 g/mol. The van der Waals surface area contributed by atoms with Crippen molar-refractivity contribution >= 4 is 39.3 Å². The van der Waals surface area contributed by atoms with Crippen LogP contribution in [0.25, 0.3) is 17.1 Å². The lowest BCUT2D eigenvalue weighted by molar-refractivity contribution is -0.113. The molecule has 0 unspecified atom stereocenters. The lowest BCUT2D eigenvalue weighted by atomic mass is 10.2. The molecule has 150 valence electrons. The summed E-state index contributed by atoms with van der Waals surface area (Å²) in [6.07, 6.45) is 3.45. The number of anilines is 1. The zero-order chi connectivity index (χ0) is 20.9. The van der Waals surface area contributed by atoms with E-state index in [2.05, 4.69) is 36.4 Å². The predicted octanol–water partition coefficient (Wildman–Crippen LogP) is 5.13. The van der Waals surface area contributed by atoms with Gasteiger partial charge in [-0.05, 0) is 55.0 Å². The summed E-state index contributed by atoms with van der Waals surface area (Å²) in [5, 5.41) is 12.3. The number of nitrogens with one attached hydrogen (secondary N) is 1. The zero-order valence-corrected chi connectivity index (χ0v) is 18.5. The summed E-state index contributed by atoms with van der Waals surface area (Å²) in [6, 6.07) is 19.3. The Labute approximate surface area is 186 Å². The summed E-state index contributed by atoms with van der Waals surface area (Å²) in [6.45, 7) is 2.04. The summed E-state index contributed by atoms with van der Waals surface area (Å²) in [4.78, 5) is 16.5. The number of pyridine rings is 1. The standard InChI is InChI=1S/C22H18BrN5OS/c1-15-4-2-3-5-19(15)28-21(16-10-12-24-13-11-16)26-27-22(28)30-14-20(29)25-18-8-6-17(23)7-9-18/h2-13H,14H2,1H3,(H,25,29). The largest absolute Gasteiger partial charge is 0.325 e. The Morgan fingerprint density at radius 3 is 2.50 bits per heavy atom. The summed E-state index contributed by atoms with van der Waals surface area (Å²) in [7, 11) is 0.